The number of aromatic amines is 1. The van der Waals surface area contributed by atoms with E-state index in [0.717, 1.165) is 18.9 Å². The number of nitriles is 1. The third-order valence-electron chi connectivity index (χ3n) is 4.97. The lowest BCUT2D eigenvalue weighted by molar-refractivity contribution is -0.116. The molecule has 2 atom stereocenters. The summed E-state index contributed by atoms with van der Waals surface area (Å²) in [6.07, 6.45) is 2.71. The topological polar surface area (TPSA) is 68.7 Å². The van der Waals surface area contributed by atoms with Gasteiger partial charge in [0.2, 0.25) is 0 Å². The maximum atomic E-state index is 14.7. The molecule has 4 nitrogen and oxygen atoms in total. The van der Waals surface area contributed by atoms with E-state index in [1.807, 2.05) is 0 Å². The summed E-state index contributed by atoms with van der Waals surface area (Å²) < 4.78 is 28.9. The number of hydrogen-bond acceptors (Lipinski definition) is 2. The van der Waals surface area contributed by atoms with Crippen LogP contribution in [0.1, 0.15) is 55.3 Å². The van der Waals surface area contributed by atoms with E-state index in [4.69, 9.17) is 0 Å². The van der Waals surface area contributed by atoms with Crippen molar-refractivity contribution in [3.63, 3.8) is 0 Å². The molecule has 0 saturated heterocycles. The largest absolute Gasteiger partial charge is 0.357 e. The molecule has 1 aromatic carbocycles. The van der Waals surface area contributed by atoms with Gasteiger partial charge < -0.3 is 10.3 Å². The fraction of sp³-hybridized carbons (Fsp3) is 0.400. The summed E-state index contributed by atoms with van der Waals surface area (Å²) >= 11 is 0. The van der Waals surface area contributed by atoms with Gasteiger partial charge in [-0.25, -0.2) is 8.78 Å². The van der Waals surface area contributed by atoms with Crippen LogP contribution in [-0.2, 0) is 4.79 Å². The molecule has 26 heavy (non-hydrogen) atoms. The monoisotopic (exact) mass is 355 g/mol. The molecule has 1 aromatic heterocycles. The summed E-state index contributed by atoms with van der Waals surface area (Å²) in [6, 6.07) is 3.05. The average molecular weight is 355 g/mol. The van der Waals surface area contributed by atoms with Crippen molar-refractivity contribution < 1.29 is 13.6 Å². The van der Waals surface area contributed by atoms with E-state index in [1.54, 1.807) is 13.8 Å². The number of hydrogen-bond donors (Lipinski definition) is 2. The van der Waals surface area contributed by atoms with Crippen LogP contribution >= 0.6 is 0 Å². The number of rotatable bonds is 2. The SMILES string of the molecule is CC#CC(=O)N[C@@H]1CCC[C@H](c2c(F)c(F)cc3[nH]c(C)c(C#N)c23)C1. The maximum Gasteiger partial charge on any atom is 0.296 e. The summed E-state index contributed by atoms with van der Waals surface area (Å²) in [4.78, 5) is 14.7. The quantitative estimate of drug-likeness (QED) is 0.805. The zero-order valence-electron chi connectivity index (χ0n) is 14.7. The Morgan fingerprint density at radius 3 is 2.85 bits per heavy atom. The second-order valence-electron chi connectivity index (χ2n) is 6.65. The first-order chi connectivity index (χ1) is 12.5. The Kier molecular flexibility index (Phi) is 4.95. The number of carbonyl (C=O) groups excluding carboxylic acids is 1. The minimum atomic E-state index is -0.929. The normalized spacial score (nSPS) is 19.5. The van der Waals surface area contributed by atoms with Gasteiger partial charge in [-0.3, -0.25) is 4.79 Å². The predicted molar refractivity (Wildman–Crippen MR) is 94.3 cm³/mol. The van der Waals surface area contributed by atoms with Gasteiger partial charge in [0.1, 0.15) is 6.07 Å². The first kappa shape index (κ1) is 17.9. The number of nitrogens with zero attached hydrogens (tertiary/aromatic N) is 1. The number of nitrogens with one attached hydrogen (secondary N) is 2. The zero-order chi connectivity index (χ0) is 18.8. The van der Waals surface area contributed by atoms with E-state index in [1.165, 1.54) is 0 Å². The van der Waals surface area contributed by atoms with Gasteiger partial charge >= 0.3 is 0 Å². The van der Waals surface area contributed by atoms with Crippen molar-refractivity contribution in [3.05, 3.63) is 34.5 Å². The van der Waals surface area contributed by atoms with E-state index in [2.05, 4.69) is 28.2 Å². The molecule has 2 aromatic rings. The first-order valence-corrected chi connectivity index (χ1v) is 8.59. The molecule has 0 radical (unpaired) electrons. The van der Waals surface area contributed by atoms with Crippen LogP contribution in [-0.4, -0.2) is 16.9 Å². The van der Waals surface area contributed by atoms with Gasteiger partial charge in [-0.05, 0) is 44.9 Å². The van der Waals surface area contributed by atoms with Crippen LogP contribution in [0.5, 0.6) is 0 Å². The lowest BCUT2D eigenvalue weighted by atomic mass is 9.79. The second kappa shape index (κ2) is 7.17. The van der Waals surface area contributed by atoms with Crippen LogP contribution in [0.15, 0.2) is 6.07 Å². The third-order valence-corrected chi connectivity index (χ3v) is 4.97. The molecule has 3 rings (SSSR count). The summed E-state index contributed by atoms with van der Waals surface area (Å²) in [5.74, 6) is 2.51. The van der Waals surface area contributed by atoms with Crippen molar-refractivity contribution in [2.24, 2.45) is 0 Å². The van der Waals surface area contributed by atoms with Gasteiger partial charge in [0.05, 0.1) is 11.1 Å². The predicted octanol–water partition coefficient (Wildman–Crippen LogP) is 3.79. The van der Waals surface area contributed by atoms with E-state index < -0.39 is 11.6 Å². The van der Waals surface area contributed by atoms with Crippen LogP contribution in [0.3, 0.4) is 0 Å². The molecule has 1 aliphatic rings. The van der Waals surface area contributed by atoms with E-state index in [9.17, 15) is 18.8 Å². The van der Waals surface area contributed by atoms with Gasteiger partial charge in [-0.1, -0.05) is 12.3 Å². The number of benzene rings is 1. The standard InChI is InChI=1S/C20H19F2N3O/c1-3-5-17(26)25-13-7-4-6-12(8-13)18-19-14(10-23)11(2)24-16(19)9-15(21)20(18)22/h9,12-13,24H,4,6-8H2,1-2H3,(H,25,26)/t12-,13+/m0/s1. The van der Waals surface area contributed by atoms with E-state index in [0.29, 0.717) is 35.0 Å². The smallest absolute Gasteiger partial charge is 0.296 e. The molecule has 1 saturated carbocycles. The molecule has 0 aliphatic heterocycles. The highest BCUT2D eigenvalue weighted by molar-refractivity contribution is 5.93. The minimum Gasteiger partial charge on any atom is -0.357 e. The molecule has 134 valence electrons. The van der Waals surface area contributed by atoms with Crippen LogP contribution < -0.4 is 5.32 Å². The van der Waals surface area contributed by atoms with Gasteiger partial charge in [0.25, 0.3) is 5.91 Å². The van der Waals surface area contributed by atoms with E-state index >= 15 is 0 Å². The molecular formula is C20H19F2N3O. The molecular weight excluding hydrogens is 336 g/mol. The number of carbonyl (C=O) groups is 1. The van der Waals surface area contributed by atoms with Crippen molar-refractivity contribution >= 4 is 16.8 Å². The molecule has 0 spiro atoms. The highest BCUT2D eigenvalue weighted by Gasteiger charge is 2.30. The summed E-state index contributed by atoms with van der Waals surface area (Å²) in [6.45, 7) is 3.30. The van der Waals surface area contributed by atoms with Gasteiger partial charge in [-0.2, -0.15) is 5.26 Å². The minimum absolute atomic E-state index is 0.148. The fourth-order valence-corrected chi connectivity index (χ4v) is 3.91. The number of H-pyrrole nitrogens is 1. The van der Waals surface area contributed by atoms with E-state index in [-0.39, 0.29) is 23.4 Å². The van der Waals surface area contributed by atoms with Gasteiger partial charge in [0, 0.05) is 28.8 Å². The molecule has 1 heterocycles. The number of fused-ring (bicyclic) bond motifs is 1. The summed E-state index contributed by atoms with van der Waals surface area (Å²) in [5, 5.41) is 12.7. The fourth-order valence-electron chi connectivity index (χ4n) is 3.91. The molecule has 6 heteroatoms. The molecule has 1 fully saturated rings. The Morgan fingerprint density at radius 2 is 2.15 bits per heavy atom. The van der Waals surface area contributed by atoms with Crippen molar-refractivity contribution in [3.8, 4) is 17.9 Å². The number of aryl methyl sites for hydroxylation is 1. The molecule has 0 unspecified atom stereocenters. The van der Waals surface area contributed by atoms with Crippen LogP contribution in [0.4, 0.5) is 8.78 Å². The zero-order valence-corrected chi connectivity index (χ0v) is 14.7. The average Bonchev–Trinajstić information content (AvgIpc) is 2.90. The highest BCUT2D eigenvalue weighted by atomic mass is 19.2. The molecule has 1 aliphatic carbocycles. The van der Waals surface area contributed by atoms with Crippen molar-refractivity contribution in [2.75, 3.05) is 0 Å². The Balaban J connectivity index is 2.03. The van der Waals surface area contributed by atoms with Crippen molar-refractivity contribution in [1.29, 1.82) is 5.26 Å². The second-order valence-corrected chi connectivity index (χ2v) is 6.65. The highest BCUT2D eigenvalue weighted by Crippen LogP contribution is 2.40. The molecule has 1 amide bonds. The number of aromatic nitrogens is 1. The lowest BCUT2D eigenvalue weighted by Crippen LogP contribution is -2.37. The van der Waals surface area contributed by atoms with Crippen molar-refractivity contribution in [1.82, 2.24) is 10.3 Å². The van der Waals surface area contributed by atoms with Gasteiger partial charge in [0.15, 0.2) is 11.6 Å². The Hall–Kier alpha value is -2.86. The van der Waals surface area contributed by atoms with Crippen LogP contribution in [0, 0.1) is 41.7 Å². The first-order valence-electron chi connectivity index (χ1n) is 8.59. The Bertz CT molecular complexity index is 975. The Labute approximate surface area is 150 Å². The maximum absolute atomic E-state index is 14.7. The molecule has 0 bridgehead atoms. The summed E-state index contributed by atoms with van der Waals surface area (Å²) in [5.41, 5.74) is 1.60. The Morgan fingerprint density at radius 1 is 1.38 bits per heavy atom. The molecule has 2 N–H and O–H groups in total. The number of amides is 1. The number of halogens is 2. The van der Waals surface area contributed by atoms with Gasteiger partial charge in [-0.15, -0.1) is 0 Å². The lowest BCUT2D eigenvalue weighted by Gasteiger charge is -2.30. The van der Waals surface area contributed by atoms with Crippen LogP contribution in [0.2, 0.25) is 0 Å². The van der Waals surface area contributed by atoms with Crippen molar-refractivity contribution in [2.45, 2.75) is 51.5 Å². The summed E-state index contributed by atoms with van der Waals surface area (Å²) in [7, 11) is 0. The van der Waals surface area contributed by atoms with Crippen LogP contribution in [0.25, 0.3) is 10.9 Å². The third kappa shape index (κ3) is 3.15.